The molecular weight excluding hydrogens is 369 g/mol. The number of hydrogen-bond acceptors (Lipinski definition) is 3. The van der Waals surface area contributed by atoms with Gasteiger partial charge in [0.05, 0.1) is 19.3 Å². The molecule has 0 bridgehead atoms. The summed E-state index contributed by atoms with van der Waals surface area (Å²) in [6, 6.07) is 4.98. The largest absolute Gasteiger partial charge is 0.370 e. The number of aryl methyl sites for hydroxylation is 1. The zero-order chi connectivity index (χ0) is 19.0. The second kappa shape index (κ2) is 7.48. The lowest BCUT2D eigenvalue weighted by atomic mass is 10.1. The van der Waals surface area contributed by atoms with Crippen molar-refractivity contribution in [1.82, 2.24) is 20.0 Å². The topological polar surface area (TPSA) is 54.7 Å². The van der Waals surface area contributed by atoms with Crippen LogP contribution in [0.4, 0.5) is 4.39 Å². The first kappa shape index (κ1) is 18.3. The van der Waals surface area contributed by atoms with Gasteiger partial charge in [0.15, 0.2) is 5.96 Å². The number of nitrogens with zero attached hydrogens (tertiary/aromatic N) is 4. The number of morpholine rings is 1. The Morgan fingerprint density at radius 3 is 3.00 bits per heavy atom. The molecule has 1 saturated carbocycles. The molecule has 2 heterocycles. The number of aliphatic imine (C=N–C) groups is 1. The number of guanidine groups is 1. The Morgan fingerprint density at radius 2 is 2.30 bits per heavy atom. The Balaban J connectivity index is 1.41. The van der Waals surface area contributed by atoms with Gasteiger partial charge in [-0.15, -0.1) is 0 Å². The van der Waals surface area contributed by atoms with E-state index in [0.717, 1.165) is 24.5 Å². The third kappa shape index (κ3) is 3.80. The summed E-state index contributed by atoms with van der Waals surface area (Å²) in [6.07, 6.45) is 4.61. The number of halogens is 2. The molecule has 27 heavy (non-hydrogen) atoms. The van der Waals surface area contributed by atoms with E-state index in [1.165, 1.54) is 6.07 Å². The van der Waals surface area contributed by atoms with Gasteiger partial charge in [0.2, 0.25) is 0 Å². The van der Waals surface area contributed by atoms with Crippen molar-refractivity contribution in [1.29, 1.82) is 0 Å². The van der Waals surface area contributed by atoms with Crippen LogP contribution in [0.1, 0.15) is 29.6 Å². The Labute approximate surface area is 163 Å². The summed E-state index contributed by atoms with van der Waals surface area (Å²) in [5.41, 5.74) is 1.66. The second-order valence-electron chi connectivity index (χ2n) is 7.03. The lowest BCUT2D eigenvalue weighted by Gasteiger charge is -2.34. The van der Waals surface area contributed by atoms with E-state index in [9.17, 15) is 4.39 Å². The summed E-state index contributed by atoms with van der Waals surface area (Å²) in [6.45, 7) is 2.07. The zero-order valence-electron chi connectivity index (χ0n) is 15.4. The quantitative estimate of drug-likeness (QED) is 0.645. The Morgan fingerprint density at radius 1 is 1.44 bits per heavy atom. The molecule has 2 fully saturated rings. The van der Waals surface area contributed by atoms with Crippen molar-refractivity contribution in [3.63, 3.8) is 0 Å². The number of nitrogens with one attached hydrogen (secondary N) is 1. The molecule has 1 aliphatic carbocycles. The van der Waals surface area contributed by atoms with E-state index in [1.54, 1.807) is 23.9 Å². The van der Waals surface area contributed by atoms with E-state index in [1.807, 2.05) is 19.4 Å². The van der Waals surface area contributed by atoms with Gasteiger partial charge < -0.3 is 15.0 Å². The maximum absolute atomic E-state index is 14.2. The van der Waals surface area contributed by atoms with Crippen molar-refractivity contribution >= 4 is 17.6 Å². The van der Waals surface area contributed by atoms with Crippen LogP contribution in [0.25, 0.3) is 0 Å². The summed E-state index contributed by atoms with van der Waals surface area (Å²) < 4.78 is 21.8. The van der Waals surface area contributed by atoms with Gasteiger partial charge in [-0.3, -0.25) is 9.67 Å². The zero-order valence-corrected chi connectivity index (χ0v) is 16.2. The first-order valence-electron chi connectivity index (χ1n) is 9.09. The molecule has 6 nitrogen and oxygen atoms in total. The maximum Gasteiger partial charge on any atom is 0.194 e. The van der Waals surface area contributed by atoms with Crippen LogP contribution in [0.5, 0.6) is 0 Å². The van der Waals surface area contributed by atoms with E-state index in [-0.39, 0.29) is 23.9 Å². The van der Waals surface area contributed by atoms with Gasteiger partial charge in [-0.1, -0.05) is 17.7 Å². The highest BCUT2D eigenvalue weighted by Crippen LogP contribution is 2.45. The summed E-state index contributed by atoms with van der Waals surface area (Å²) in [5, 5.41) is 8.18. The van der Waals surface area contributed by atoms with Crippen LogP contribution < -0.4 is 5.32 Å². The molecule has 1 saturated heterocycles. The highest BCUT2D eigenvalue weighted by atomic mass is 35.5. The van der Waals surface area contributed by atoms with Gasteiger partial charge in [-0.05, 0) is 18.6 Å². The van der Waals surface area contributed by atoms with Crippen molar-refractivity contribution < 1.29 is 9.13 Å². The maximum atomic E-state index is 14.2. The predicted octanol–water partition coefficient (Wildman–Crippen LogP) is 2.72. The number of aromatic nitrogens is 2. The standard InChI is InChI=1S/C19H23ClFN5O/c1-22-19(24-16-8-13(16)18-14(20)4-3-5-15(18)21)26-6-7-27-17(11-26)12-9-23-25(2)10-12/h3-5,9-10,13,16-17H,6-8,11H2,1-2H3,(H,22,24). The van der Waals surface area contributed by atoms with E-state index < -0.39 is 0 Å². The Kier molecular flexibility index (Phi) is 5.06. The highest BCUT2D eigenvalue weighted by Gasteiger charge is 2.42. The molecule has 4 rings (SSSR count). The molecule has 3 unspecified atom stereocenters. The van der Waals surface area contributed by atoms with Gasteiger partial charge in [0.1, 0.15) is 11.9 Å². The van der Waals surface area contributed by atoms with Crippen LogP contribution in [-0.4, -0.2) is 53.4 Å². The first-order chi connectivity index (χ1) is 13.1. The molecule has 2 aromatic rings. The third-order valence-corrected chi connectivity index (χ3v) is 5.48. The van der Waals surface area contributed by atoms with E-state index in [4.69, 9.17) is 16.3 Å². The number of ether oxygens (including phenoxy) is 1. The van der Waals surface area contributed by atoms with Crippen LogP contribution >= 0.6 is 11.6 Å². The van der Waals surface area contributed by atoms with Crippen molar-refractivity contribution in [3.05, 3.63) is 52.6 Å². The normalized spacial score (nSPS) is 25.6. The fraction of sp³-hybridized carbons (Fsp3) is 0.474. The monoisotopic (exact) mass is 391 g/mol. The van der Waals surface area contributed by atoms with Crippen molar-refractivity contribution in [2.24, 2.45) is 12.0 Å². The molecule has 0 spiro atoms. The molecule has 1 N–H and O–H groups in total. The average molecular weight is 392 g/mol. The van der Waals surface area contributed by atoms with E-state index >= 15 is 0 Å². The lowest BCUT2D eigenvalue weighted by Crippen LogP contribution is -2.48. The summed E-state index contributed by atoms with van der Waals surface area (Å²) in [7, 11) is 3.66. The molecule has 8 heteroatoms. The van der Waals surface area contributed by atoms with Gasteiger partial charge in [0.25, 0.3) is 0 Å². The summed E-state index contributed by atoms with van der Waals surface area (Å²) in [4.78, 5) is 6.61. The van der Waals surface area contributed by atoms with Gasteiger partial charge in [-0.2, -0.15) is 5.10 Å². The van der Waals surface area contributed by atoms with Crippen LogP contribution in [0, 0.1) is 5.82 Å². The smallest absolute Gasteiger partial charge is 0.194 e. The average Bonchev–Trinajstić information content (AvgIpc) is 3.27. The third-order valence-electron chi connectivity index (χ3n) is 5.15. The summed E-state index contributed by atoms with van der Waals surface area (Å²) in [5.74, 6) is 0.646. The van der Waals surface area contributed by atoms with Crippen molar-refractivity contribution in [3.8, 4) is 0 Å². The number of benzene rings is 1. The van der Waals surface area contributed by atoms with Crippen molar-refractivity contribution in [2.75, 3.05) is 26.7 Å². The number of rotatable bonds is 3. The Hall–Kier alpha value is -2.12. The molecule has 2 aliphatic rings. The fourth-order valence-electron chi connectivity index (χ4n) is 3.65. The minimum atomic E-state index is -0.241. The molecular formula is C19H23ClFN5O. The van der Waals surface area contributed by atoms with E-state index in [0.29, 0.717) is 23.7 Å². The van der Waals surface area contributed by atoms with Crippen LogP contribution in [0.3, 0.4) is 0 Å². The van der Waals surface area contributed by atoms with Gasteiger partial charge in [-0.25, -0.2) is 4.39 Å². The summed E-state index contributed by atoms with van der Waals surface area (Å²) >= 11 is 6.20. The molecule has 144 valence electrons. The number of hydrogen-bond donors (Lipinski definition) is 1. The molecule has 1 aromatic heterocycles. The van der Waals surface area contributed by atoms with E-state index in [2.05, 4.69) is 20.3 Å². The van der Waals surface area contributed by atoms with Crippen LogP contribution in [-0.2, 0) is 11.8 Å². The minimum absolute atomic E-state index is 0.0398. The predicted molar refractivity (Wildman–Crippen MR) is 103 cm³/mol. The molecule has 3 atom stereocenters. The molecule has 0 radical (unpaired) electrons. The molecule has 1 aromatic carbocycles. The lowest BCUT2D eigenvalue weighted by molar-refractivity contribution is -0.00806. The Bertz CT molecular complexity index is 834. The van der Waals surface area contributed by atoms with Crippen molar-refractivity contribution in [2.45, 2.75) is 24.5 Å². The second-order valence-corrected chi connectivity index (χ2v) is 7.44. The van der Waals surface area contributed by atoms with Gasteiger partial charge in [0, 0.05) is 54.9 Å². The fourth-order valence-corrected chi connectivity index (χ4v) is 3.95. The van der Waals surface area contributed by atoms with Gasteiger partial charge >= 0.3 is 0 Å². The van der Waals surface area contributed by atoms with Crippen LogP contribution in [0.15, 0.2) is 35.6 Å². The first-order valence-corrected chi connectivity index (χ1v) is 9.47. The minimum Gasteiger partial charge on any atom is -0.370 e. The molecule has 1 aliphatic heterocycles. The molecule has 0 amide bonds. The SMILES string of the molecule is CN=C(NC1CC1c1c(F)cccc1Cl)N1CCOC(c2cnn(C)c2)C1. The van der Waals surface area contributed by atoms with Crippen LogP contribution in [0.2, 0.25) is 5.02 Å². The highest BCUT2D eigenvalue weighted by molar-refractivity contribution is 6.31.